The van der Waals surface area contributed by atoms with E-state index in [4.69, 9.17) is 21.4 Å². The fourth-order valence-corrected chi connectivity index (χ4v) is 5.93. The number of aromatic amines is 1. The number of hydrogen-bond acceptors (Lipinski definition) is 6. The summed E-state index contributed by atoms with van der Waals surface area (Å²) in [5, 5.41) is 1.33. The Labute approximate surface area is 207 Å². The molecule has 0 radical (unpaired) electrons. The van der Waals surface area contributed by atoms with Crippen LogP contribution in [0, 0.1) is 11.8 Å². The monoisotopic (exact) mass is 495 g/mol. The van der Waals surface area contributed by atoms with Crippen LogP contribution in [-0.2, 0) is 27.4 Å². The number of nitrogens with one attached hydrogen (secondary N) is 1. The summed E-state index contributed by atoms with van der Waals surface area (Å²) in [5.74, 6) is -0.248. The van der Waals surface area contributed by atoms with Gasteiger partial charge < -0.3 is 14.7 Å². The molecule has 0 spiro atoms. The number of halogens is 1. The second kappa shape index (κ2) is 8.80. The molecule has 3 unspecified atom stereocenters. The highest BCUT2D eigenvalue weighted by molar-refractivity contribution is 6.30. The minimum Gasteiger partial charge on any atom is -0.367 e. The Bertz CT molecular complexity index is 1200. The lowest BCUT2D eigenvalue weighted by Crippen LogP contribution is -2.40. The molecule has 6 rings (SSSR count). The number of imide groups is 1. The number of amides is 3. The molecule has 3 amide bonds. The fraction of sp³-hybridized carbons (Fsp3) is 0.440. The van der Waals surface area contributed by atoms with E-state index in [1.54, 1.807) is 4.90 Å². The topological polar surface area (TPSA) is 98.3 Å². The quantitative estimate of drug-likeness (QED) is 0.657. The number of fused-ring (bicyclic) bond motifs is 2. The number of carbonyl (C=O) groups is 3. The Morgan fingerprint density at radius 1 is 1.09 bits per heavy atom. The first-order valence-corrected chi connectivity index (χ1v) is 12.3. The van der Waals surface area contributed by atoms with Crippen LogP contribution < -0.4 is 0 Å². The van der Waals surface area contributed by atoms with Crippen molar-refractivity contribution in [1.29, 1.82) is 0 Å². The smallest absolute Gasteiger partial charge is 0.367 e. The van der Waals surface area contributed by atoms with E-state index in [-0.39, 0.29) is 18.9 Å². The summed E-state index contributed by atoms with van der Waals surface area (Å²) in [7, 11) is 0. The normalized spacial score (nSPS) is 25.9. The first-order valence-electron chi connectivity index (χ1n) is 12.0. The average molecular weight is 496 g/mol. The Kier molecular flexibility index (Phi) is 5.61. The molecule has 3 saturated heterocycles. The van der Waals surface area contributed by atoms with Gasteiger partial charge in [-0.2, -0.15) is 0 Å². The van der Waals surface area contributed by atoms with Gasteiger partial charge in [0.2, 0.25) is 0 Å². The largest absolute Gasteiger partial charge is 0.434 e. The van der Waals surface area contributed by atoms with Crippen LogP contribution in [0.2, 0.25) is 5.02 Å². The van der Waals surface area contributed by atoms with Crippen LogP contribution in [-0.4, -0.2) is 70.1 Å². The summed E-state index contributed by atoms with van der Waals surface area (Å²) in [6, 6.07) is 6.10. The maximum atomic E-state index is 12.5. The Morgan fingerprint density at radius 2 is 1.83 bits per heavy atom. The standard InChI is InChI=1S/C25H26ClN5O4/c26-20-2-1-15(21(6-20)22-5-16-7-27-8-17(16)9-28-22)10-29-11-18-13-30(14-19(18)12-29)25(34)35-31-23(32)3-4-24(31)33/h1-2,6-9,18-19,22,27H,3-5,10-14H2. The van der Waals surface area contributed by atoms with Crippen LogP contribution in [0.1, 0.15) is 41.1 Å². The zero-order chi connectivity index (χ0) is 24.1. The van der Waals surface area contributed by atoms with Gasteiger partial charge in [-0.25, -0.2) is 4.79 Å². The predicted octanol–water partition coefficient (Wildman–Crippen LogP) is 2.95. The van der Waals surface area contributed by atoms with E-state index in [0.29, 0.717) is 35.0 Å². The molecular weight excluding hydrogens is 470 g/mol. The predicted molar refractivity (Wildman–Crippen MR) is 128 cm³/mol. The lowest BCUT2D eigenvalue weighted by Gasteiger charge is -2.25. The third kappa shape index (κ3) is 4.23. The Hall–Kier alpha value is -3.17. The van der Waals surface area contributed by atoms with Crippen LogP contribution in [0.5, 0.6) is 0 Å². The molecule has 4 aliphatic rings. The van der Waals surface area contributed by atoms with Crippen LogP contribution >= 0.6 is 11.6 Å². The van der Waals surface area contributed by atoms with Crippen molar-refractivity contribution < 1.29 is 19.2 Å². The van der Waals surface area contributed by atoms with Gasteiger partial charge in [-0.3, -0.25) is 19.5 Å². The van der Waals surface area contributed by atoms with Gasteiger partial charge in [-0.15, -0.1) is 5.06 Å². The van der Waals surface area contributed by atoms with Gasteiger partial charge in [0.25, 0.3) is 11.8 Å². The number of likely N-dealkylation sites (tertiary alicyclic amines) is 2. The van der Waals surface area contributed by atoms with Crippen molar-refractivity contribution in [3.8, 4) is 0 Å². The van der Waals surface area contributed by atoms with Gasteiger partial charge in [0.15, 0.2) is 0 Å². The third-order valence-electron chi connectivity index (χ3n) is 7.53. The van der Waals surface area contributed by atoms with Gasteiger partial charge in [0.1, 0.15) is 0 Å². The fourth-order valence-electron chi connectivity index (χ4n) is 5.75. The molecule has 3 fully saturated rings. The van der Waals surface area contributed by atoms with Gasteiger partial charge in [-0.05, 0) is 40.7 Å². The minimum atomic E-state index is -0.617. The number of H-pyrrole nitrogens is 1. The van der Waals surface area contributed by atoms with E-state index in [1.807, 2.05) is 30.7 Å². The summed E-state index contributed by atoms with van der Waals surface area (Å²) in [5.41, 5.74) is 4.77. The summed E-state index contributed by atoms with van der Waals surface area (Å²) >= 11 is 6.37. The van der Waals surface area contributed by atoms with Crippen molar-refractivity contribution in [2.45, 2.75) is 31.8 Å². The number of aliphatic imine (C=N–C) groups is 1. The van der Waals surface area contributed by atoms with E-state index in [1.165, 1.54) is 11.1 Å². The highest BCUT2D eigenvalue weighted by Gasteiger charge is 2.43. The van der Waals surface area contributed by atoms with Gasteiger partial charge in [0.05, 0.1) is 6.04 Å². The molecule has 4 aliphatic heterocycles. The van der Waals surface area contributed by atoms with Crippen molar-refractivity contribution in [3.05, 3.63) is 57.9 Å². The Morgan fingerprint density at radius 3 is 2.57 bits per heavy atom. The van der Waals surface area contributed by atoms with Gasteiger partial charge in [0, 0.05) is 81.2 Å². The maximum absolute atomic E-state index is 12.5. The van der Waals surface area contributed by atoms with Crippen molar-refractivity contribution in [1.82, 2.24) is 19.8 Å². The van der Waals surface area contributed by atoms with Crippen molar-refractivity contribution in [2.24, 2.45) is 16.8 Å². The highest BCUT2D eigenvalue weighted by atomic mass is 35.5. The number of aromatic nitrogens is 1. The summed E-state index contributed by atoms with van der Waals surface area (Å²) in [6.45, 7) is 3.66. The first kappa shape index (κ1) is 22.3. The third-order valence-corrected chi connectivity index (χ3v) is 7.77. The zero-order valence-corrected chi connectivity index (χ0v) is 19.9. The van der Waals surface area contributed by atoms with E-state index in [2.05, 4.69) is 16.0 Å². The summed E-state index contributed by atoms with van der Waals surface area (Å²) in [6.07, 6.45) is 6.35. The van der Waals surface area contributed by atoms with E-state index in [0.717, 1.165) is 37.2 Å². The second-order valence-corrected chi connectivity index (χ2v) is 10.3. The number of rotatable bonds is 4. The second-order valence-electron chi connectivity index (χ2n) is 9.84. The lowest BCUT2D eigenvalue weighted by atomic mass is 9.93. The van der Waals surface area contributed by atoms with E-state index < -0.39 is 17.9 Å². The molecule has 35 heavy (non-hydrogen) atoms. The molecule has 0 saturated carbocycles. The van der Waals surface area contributed by atoms with Crippen LogP contribution in [0.4, 0.5) is 4.79 Å². The van der Waals surface area contributed by atoms with Gasteiger partial charge >= 0.3 is 6.09 Å². The minimum absolute atomic E-state index is 0.0374. The molecule has 0 bridgehead atoms. The average Bonchev–Trinajstić information content (AvgIpc) is 3.60. The van der Waals surface area contributed by atoms with Crippen molar-refractivity contribution in [3.63, 3.8) is 0 Å². The van der Waals surface area contributed by atoms with E-state index >= 15 is 0 Å². The molecule has 9 nitrogen and oxygen atoms in total. The molecule has 10 heteroatoms. The van der Waals surface area contributed by atoms with Crippen molar-refractivity contribution >= 4 is 35.7 Å². The summed E-state index contributed by atoms with van der Waals surface area (Å²) in [4.78, 5) is 53.1. The number of hydrogen-bond donors (Lipinski definition) is 1. The molecule has 1 N–H and O–H groups in total. The lowest BCUT2D eigenvalue weighted by molar-refractivity contribution is -0.173. The molecule has 1 aromatic heterocycles. The highest BCUT2D eigenvalue weighted by Crippen LogP contribution is 2.35. The number of nitrogens with zero attached hydrogens (tertiary/aromatic N) is 4. The molecule has 3 atom stereocenters. The number of benzene rings is 1. The maximum Gasteiger partial charge on any atom is 0.434 e. The van der Waals surface area contributed by atoms with Crippen LogP contribution in [0.25, 0.3) is 0 Å². The zero-order valence-electron chi connectivity index (χ0n) is 19.2. The Balaban J connectivity index is 1.09. The first-order chi connectivity index (χ1) is 16.9. The number of carbonyl (C=O) groups excluding carboxylic acids is 3. The van der Waals surface area contributed by atoms with Crippen LogP contribution in [0.15, 0.2) is 35.6 Å². The molecular formula is C25H26ClN5O4. The molecule has 1 aromatic carbocycles. The molecule has 0 aliphatic carbocycles. The van der Waals surface area contributed by atoms with Gasteiger partial charge in [-0.1, -0.05) is 17.7 Å². The number of hydroxylamine groups is 2. The van der Waals surface area contributed by atoms with Crippen molar-refractivity contribution in [2.75, 3.05) is 26.2 Å². The van der Waals surface area contributed by atoms with E-state index in [9.17, 15) is 14.4 Å². The SMILES string of the molecule is O=C(ON1C(=O)CCC1=O)N1CC2CN(Cc3ccc(Cl)cc3C3Cc4c[nH]cc4C=N3)CC2C1. The summed E-state index contributed by atoms with van der Waals surface area (Å²) < 4.78 is 0. The molecule has 182 valence electrons. The van der Waals surface area contributed by atoms with Crippen LogP contribution in [0.3, 0.4) is 0 Å². The molecule has 2 aromatic rings. The molecule has 5 heterocycles.